The first kappa shape index (κ1) is 12.3. The van der Waals surface area contributed by atoms with E-state index in [4.69, 9.17) is 14.6 Å². The fraction of sp³-hybridized carbons (Fsp3) is 0.364. The SMILES string of the molecule is COc1cc(C(C)C(=O)O)c(OC)cc1F. The Balaban J connectivity index is 3.29. The molecule has 0 saturated carbocycles. The van der Waals surface area contributed by atoms with Gasteiger partial charge >= 0.3 is 5.97 Å². The van der Waals surface area contributed by atoms with E-state index in [0.29, 0.717) is 5.56 Å². The number of ether oxygens (including phenoxy) is 2. The molecule has 5 heteroatoms. The van der Waals surface area contributed by atoms with Crippen LogP contribution in [0.1, 0.15) is 18.4 Å². The molecule has 1 aromatic rings. The highest BCUT2D eigenvalue weighted by Gasteiger charge is 2.21. The molecular formula is C11H13FO4. The second-order valence-electron chi connectivity index (χ2n) is 3.29. The molecule has 1 rings (SSSR count). The molecular weight excluding hydrogens is 215 g/mol. The number of carbonyl (C=O) groups is 1. The van der Waals surface area contributed by atoms with Crippen LogP contribution in [0.4, 0.5) is 4.39 Å². The van der Waals surface area contributed by atoms with Gasteiger partial charge in [-0.05, 0) is 13.0 Å². The molecule has 1 aromatic carbocycles. The van der Waals surface area contributed by atoms with E-state index < -0.39 is 17.7 Å². The molecule has 1 atom stereocenters. The van der Waals surface area contributed by atoms with Gasteiger partial charge in [-0.1, -0.05) is 0 Å². The third-order valence-corrected chi connectivity index (χ3v) is 2.34. The van der Waals surface area contributed by atoms with Crippen molar-refractivity contribution in [3.63, 3.8) is 0 Å². The molecule has 1 unspecified atom stereocenters. The number of carboxylic acid groups (broad SMARTS) is 1. The van der Waals surface area contributed by atoms with E-state index in [9.17, 15) is 9.18 Å². The first-order valence-corrected chi connectivity index (χ1v) is 4.65. The minimum atomic E-state index is -1.01. The average Bonchev–Trinajstić information content (AvgIpc) is 2.27. The summed E-state index contributed by atoms with van der Waals surface area (Å²) in [5, 5.41) is 8.90. The van der Waals surface area contributed by atoms with Crippen molar-refractivity contribution in [2.24, 2.45) is 0 Å². The summed E-state index contributed by atoms with van der Waals surface area (Å²) in [7, 11) is 2.68. The van der Waals surface area contributed by atoms with E-state index in [1.807, 2.05) is 0 Å². The van der Waals surface area contributed by atoms with Gasteiger partial charge in [0.15, 0.2) is 11.6 Å². The van der Waals surface area contributed by atoms with Gasteiger partial charge in [0.25, 0.3) is 0 Å². The maximum absolute atomic E-state index is 13.3. The topological polar surface area (TPSA) is 55.8 Å². The zero-order chi connectivity index (χ0) is 12.3. The lowest BCUT2D eigenvalue weighted by molar-refractivity contribution is -0.138. The van der Waals surface area contributed by atoms with Crippen molar-refractivity contribution in [2.45, 2.75) is 12.8 Å². The van der Waals surface area contributed by atoms with Gasteiger partial charge in [0.1, 0.15) is 5.75 Å². The van der Waals surface area contributed by atoms with Gasteiger partial charge in [-0.15, -0.1) is 0 Å². The molecule has 0 bridgehead atoms. The molecule has 88 valence electrons. The molecule has 0 radical (unpaired) electrons. The lowest BCUT2D eigenvalue weighted by Crippen LogP contribution is -2.09. The maximum Gasteiger partial charge on any atom is 0.310 e. The van der Waals surface area contributed by atoms with Gasteiger partial charge in [-0.2, -0.15) is 0 Å². The van der Waals surface area contributed by atoms with Crippen LogP contribution in [0, 0.1) is 5.82 Å². The highest BCUT2D eigenvalue weighted by Crippen LogP contribution is 2.32. The van der Waals surface area contributed by atoms with Crippen molar-refractivity contribution in [1.29, 1.82) is 0 Å². The van der Waals surface area contributed by atoms with Crippen molar-refractivity contribution in [1.82, 2.24) is 0 Å². The molecule has 0 aromatic heterocycles. The summed E-state index contributed by atoms with van der Waals surface area (Å²) in [6.07, 6.45) is 0. The number of methoxy groups -OCH3 is 2. The summed E-state index contributed by atoms with van der Waals surface area (Å²) in [6.45, 7) is 1.50. The predicted molar refractivity (Wildman–Crippen MR) is 55.6 cm³/mol. The minimum absolute atomic E-state index is 0.00361. The number of carboxylic acids is 1. The normalized spacial score (nSPS) is 12.0. The molecule has 1 N–H and O–H groups in total. The number of rotatable bonds is 4. The zero-order valence-electron chi connectivity index (χ0n) is 9.28. The molecule has 0 amide bonds. The Morgan fingerprint density at radius 1 is 1.31 bits per heavy atom. The molecule has 0 aliphatic rings. The quantitative estimate of drug-likeness (QED) is 0.856. The molecule has 0 aliphatic carbocycles. The van der Waals surface area contributed by atoms with Gasteiger partial charge in [0.2, 0.25) is 0 Å². The van der Waals surface area contributed by atoms with Crippen LogP contribution in [0.25, 0.3) is 0 Å². The Morgan fingerprint density at radius 3 is 2.31 bits per heavy atom. The Hall–Kier alpha value is -1.78. The molecule has 0 saturated heterocycles. The largest absolute Gasteiger partial charge is 0.496 e. The van der Waals surface area contributed by atoms with E-state index in [0.717, 1.165) is 6.07 Å². The fourth-order valence-corrected chi connectivity index (χ4v) is 1.36. The van der Waals surface area contributed by atoms with Crippen LogP contribution in [0.15, 0.2) is 12.1 Å². The number of hydrogen-bond acceptors (Lipinski definition) is 3. The summed E-state index contributed by atoms with van der Waals surface area (Å²) in [5.74, 6) is -2.17. The minimum Gasteiger partial charge on any atom is -0.496 e. The van der Waals surface area contributed by atoms with Crippen LogP contribution < -0.4 is 9.47 Å². The van der Waals surface area contributed by atoms with Crippen molar-refractivity contribution in [3.8, 4) is 11.5 Å². The van der Waals surface area contributed by atoms with Crippen molar-refractivity contribution in [2.75, 3.05) is 14.2 Å². The van der Waals surface area contributed by atoms with Gasteiger partial charge in [-0.25, -0.2) is 4.39 Å². The zero-order valence-corrected chi connectivity index (χ0v) is 9.28. The standard InChI is InChI=1S/C11H13FO4/c1-6(11(13)14)7-4-10(16-3)8(12)5-9(7)15-2/h4-6H,1-3H3,(H,13,14). The summed E-state index contributed by atoms with van der Waals surface area (Å²) in [4.78, 5) is 10.9. The Kier molecular flexibility index (Phi) is 3.71. The molecule has 0 aliphatic heterocycles. The molecule has 0 heterocycles. The highest BCUT2D eigenvalue weighted by atomic mass is 19.1. The third-order valence-electron chi connectivity index (χ3n) is 2.34. The van der Waals surface area contributed by atoms with E-state index in [1.165, 1.54) is 27.2 Å². The van der Waals surface area contributed by atoms with Crippen molar-refractivity contribution >= 4 is 5.97 Å². The Bertz CT molecular complexity index is 403. The number of aliphatic carboxylic acids is 1. The monoisotopic (exact) mass is 228 g/mol. The van der Waals surface area contributed by atoms with Gasteiger partial charge in [0, 0.05) is 11.6 Å². The second kappa shape index (κ2) is 4.83. The summed E-state index contributed by atoms with van der Waals surface area (Å²) < 4.78 is 23.1. The van der Waals surface area contributed by atoms with Crippen LogP contribution in [-0.4, -0.2) is 25.3 Å². The van der Waals surface area contributed by atoms with Crippen molar-refractivity contribution < 1.29 is 23.8 Å². The van der Waals surface area contributed by atoms with E-state index in [-0.39, 0.29) is 11.5 Å². The van der Waals surface area contributed by atoms with E-state index in [2.05, 4.69) is 0 Å². The highest BCUT2D eigenvalue weighted by molar-refractivity contribution is 5.77. The molecule has 0 spiro atoms. The lowest BCUT2D eigenvalue weighted by atomic mass is 10.00. The number of benzene rings is 1. The van der Waals surface area contributed by atoms with Gasteiger partial charge in [0.05, 0.1) is 20.1 Å². The smallest absolute Gasteiger partial charge is 0.310 e. The van der Waals surface area contributed by atoms with Crippen LogP contribution in [-0.2, 0) is 4.79 Å². The number of hydrogen-bond donors (Lipinski definition) is 1. The van der Waals surface area contributed by atoms with Crippen LogP contribution in [0.2, 0.25) is 0 Å². The van der Waals surface area contributed by atoms with E-state index in [1.54, 1.807) is 0 Å². The van der Waals surface area contributed by atoms with Crippen LogP contribution in [0.5, 0.6) is 11.5 Å². The van der Waals surface area contributed by atoms with Crippen LogP contribution >= 0.6 is 0 Å². The van der Waals surface area contributed by atoms with E-state index >= 15 is 0 Å². The van der Waals surface area contributed by atoms with Gasteiger partial charge < -0.3 is 14.6 Å². The predicted octanol–water partition coefficient (Wildman–Crippen LogP) is 2.03. The van der Waals surface area contributed by atoms with Gasteiger partial charge in [-0.3, -0.25) is 4.79 Å². The maximum atomic E-state index is 13.3. The first-order valence-electron chi connectivity index (χ1n) is 4.65. The first-order chi connectivity index (χ1) is 7.51. The third kappa shape index (κ3) is 2.24. The fourth-order valence-electron chi connectivity index (χ4n) is 1.36. The Labute approximate surface area is 92.6 Å². The van der Waals surface area contributed by atoms with Crippen molar-refractivity contribution in [3.05, 3.63) is 23.5 Å². The summed E-state index contributed by atoms with van der Waals surface area (Å²) >= 11 is 0. The molecule has 0 fully saturated rings. The second-order valence-corrected chi connectivity index (χ2v) is 3.29. The summed E-state index contributed by atoms with van der Waals surface area (Å²) in [6, 6.07) is 2.46. The molecule has 4 nitrogen and oxygen atoms in total. The lowest BCUT2D eigenvalue weighted by Gasteiger charge is -2.14. The average molecular weight is 228 g/mol. The Morgan fingerprint density at radius 2 is 1.88 bits per heavy atom. The van der Waals surface area contributed by atoms with Crippen LogP contribution in [0.3, 0.4) is 0 Å². The number of halogens is 1. The summed E-state index contributed by atoms with van der Waals surface area (Å²) in [5.41, 5.74) is 0.383. The molecule has 16 heavy (non-hydrogen) atoms.